The van der Waals surface area contributed by atoms with Gasteiger partial charge >= 0.3 is 0 Å². The first-order chi connectivity index (χ1) is 15.9. The standard InChI is InChI=1S/C26H26F2N4O/c1-4-31-21-7-5-17(13-19(21)20-14-26(27,28)10-9-22(20)31)25-30-24-16(2)18(15-29)6-8-23(24)32(25)11-12-33-3/h5-8,13H,4,9-12,14H2,1-3H3. The number of halogens is 2. The van der Waals surface area contributed by atoms with E-state index in [1.54, 1.807) is 7.11 Å². The number of ether oxygens (including phenoxy) is 1. The zero-order valence-electron chi connectivity index (χ0n) is 19.1. The quantitative estimate of drug-likeness (QED) is 0.398. The van der Waals surface area contributed by atoms with E-state index in [0.29, 0.717) is 25.1 Å². The number of hydrogen-bond donors (Lipinski definition) is 0. The van der Waals surface area contributed by atoms with Crippen LogP contribution in [0.25, 0.3) is 33.3 Å². The lowest BCUT2D eigenvalue weighted by Gasteiger charge is -2.23. The van der Waals surface area contributed by atoms with Crippen molar-refractivity contribution in [1.29, 1.82) is 5.26 Å². The minimum Gasteiger partial charge on any atom is -0.383 e. The maximum Gasteiger partial charge on any atom is 0.252 e. The van der Waals surface area contributed by atoms with E-state index < -0.39 is 5.92 Å². The second-order valence-electron chi connectivity index (χ2n) is 8.73. The lowest BCUT2D eigenvalue weighted by atomic mass is 9.92. The van der Waals surface area contributed by atoms with Crippen LogP contribution < -0.4 is 0 Å². The molecule has 0 radical (unpaired) electrons. The summed E-state index contributed by atoms with van der Waals surface area (Å²) in [4.78, 5) is 4.92. The number of methoxy groups -OCH3 is 1. The van der Waals surface area contributed by atoms with Gasteiger partial charge in [0.05, 0.1) is 29.3 Å². The number of benzene rings is 2. The Bertz CT molecular complexity index is 1420. The molecule has 0 saturated heterocycles. The van der Waals surface area contributed by atoms with Gasteiger partial charge in [0.1, 0.15) is 5.82 Å². The molecule has 0 N–H and O–H groups in total. The summed E-state index contributed by atoms with van der Waals surface area (Å²) in [6.45, 7) is 5.81. The summed E-state index contributed by atoms with van der Waals surface area (Å²) < 4.78 is 38.3. The highest BCUT2D eigenvalue weighted by Gasteiger charge is 2.37. The van der Waals surface area contributed by atoms with Crippen molar-refractivity contribution in [2.75, 3.05) is 13.7 Å². The smallest absolute Gasteiger partial charge is 0.252 e. The van der Waals surface area contributed by atoms with E-state index >= 15 is 0 Å². The van der Waals surface area contributed by atoms with E-state index in [2.05, 4.69) is 22.1 Å². The molecular formula is C26H26F2N4O. The highest BCUT2D eigenvalue weighted by atomic mass is 19.3. The van der Waals surface area contributed by atoms with Crippen LogP contribution in [-0.2, 0) is 30.7 Å². The van der Waals surface area contributed by atoms with E-state index in [-0.39, 0.29) is 12.8 Å². The summed E-state index contributed by atoms with van der Waals surface area (Å²) in [6.07, 6.45) is 0.0686. The van der Waals surface area contributed by atoms with Crippen molar-refractivity contribution in [2.45, 2.75) is 52.1 Å². The summed E-state index contributed by atoms with van der Waals surface area (Å²) in [7, 11) is 1.66. The van der Waals surface area contributed by atoms with Crippen LogP contribution in [0, 0.1) is 18.3 Å². The van der Waals surface area contributed by atoms with Crippen molar-refractivity contribution in [3.63, 3.8) is 0 Å². The Morgan fingerprint density at radius 3 is 2.70 bits per heavy atom. The highest BCUT2D eigenvalue weighted by molar-refractivity contribution is 5.91. The molecule has 1 aliphatic rings. The van der Waals surface area contributed by atoms with Gasteiger partial charge in [0.15, 0.2) is 0 Å². The van der Waals surface area contributed by atoms with Crippen molar-refractivity contribution < 1.29 is 13.5 Å². The fraction of sp³-hybridized carbons (Fsp3) is 0.385. The zero-order chi connectivity index (χ0) is 23.3. The largest absolute Gasteiger partial charge is 0.383 e. The maximum absolute atomic E-state index is 14.3. The van der Waals surface area contributed by atoms with E-state index in [1.165, 1.54) is 0 Å². The normalized spacial score (nSPS) is 15.2. The van der Waals surface area contributed by atoms with Crippen molar-refractivity contribution in [3.8, 4) is 17.5 Å². The molecule has 4 aromatic rings. The Labute approximate surface area is 191 Å². The van der Waals surface area contributed by atoms with Gasteiger partial charge in [-0.3, -0.25) is 0 Å². The third-order valence-corrected chi connectivity index (χ3v) is 6.84. The summed E-state index contributed by atoms with van der Waals surface area (Å²) in [6, 6.07) is 12.0. The number of rotatable bonds is 5. The molecule has 0 spiro atoms. The van der Waals surface area contributed by atoms with Crippen LogP contribution in [-0.4, -0.2) is 33.8 Å². The predicted molar refractivity (Wildman–Crippen MR) is 125 cm³/mol. The van der Waals surface area contributed by atoms with Gasteiger partial charge in [-0.15, -0.1) is 0 Å². The number of nitrogens with zero attached hydrogens (tertiary/aromatic N) is 4. The number of fused-ring (bicyclic) bond motifs is 4. The number of aryl methyl sites for hydroxylation is 2. The number of nitriles is 1. The second-order valence-corrected chi connectivity index (χ2v) is 8.73. The van der Waals surface area contributed by atoms with Gasteiger partial charge < -0.3 is 13.9 Å². The van der Waals surface area contributed by atoms with Crippen molar-refractivity contribution in [2.24, 2.45) is 0 Å². The summed E-state index contributed by atoms with van der Waals surface area (Å²) in [5.74, 6) is -1.92. The first kappa shape index (κ1) is 21.6. The molecule has 0 aliphatic heterocycles. The Morgan fingerprint density at radius 1 is 1.18 bits per heavy atom. The van der Waals surface area contributed by atoms with Gasteiger partial charge in [0.2, 0.25) is 0 Å². The lowest BCUT2D eigenvalue weighted by molar-refractivity contribution is -0.0125. The summed E-state index contributed by atoms with van der Waals surface area (Å²) >= 11 is 0. The molecule has 7 heteroatoms. The van der Waals surface area contributed by atoms with Gasteiger partial charge in [0.25, 0.3) is 5.92 Å². The molecular weight excluding hydrogens is 422 g/mol. The van der Waals surface area contributed by atoms with Gasteiger partial charge in [-0.25, -0.2) is 13.8 Å². The van der Waals surface area contributed by atoms with E-state index in [4.69, 9.17) is 9.72 Å². The fourth-order valence-electron chi connectivity index (χ4n) is 5.18. The molecule has 0 amide bonds. The van der Waals surface area contributed by atoms with E-state index in [1.807, 2.05) is 37.3 Å². The average molecular weight is 449 g/mol. The molecule has 0 unspecified atom stereocenters. The third kappa shape index (κ3) is 3.41. The highest BCUT2D eigenvalue weighted by Crippen LogP contribution is 2.40. The molecule has 2 aromatic carbocycles. The maximum atomic E-state index is 14.3. The summed E-state index contributed by atoms with van der Waals surface area (Å²) in [5.41, 5.74) is 6.78. The minimum atomic E-state index is -2.67. The Kier molecular flexibility index (Phi) is 5.21. The van der Waals surface area contributed by atoms with Gasteiger partial charge in [-0.05, 0) is 61.7 Å². The Balaban J connectivity index is 1.74. The zero-order valence-corrected chi connectivity index (χ0v) is 19.1. The number of imidazole rings is 1. The first-order valence-corrected chi connectivity index (χ1v) is 11.3. The molecule has 0 saturated carbocycles. The third-order valence-electron chi connectivity index (χ3n) is 6.84. The molecule has 0 fully saturated rings. The van der Waals surface area contributed by atoms with Crippen LogP contribution in [0.5, 0.6) is 0 Å². The Hall–Kier alpha value is -3.24. The van der Waals surface area contributed by atoms with Crippen LogP contribution in [0.1, 0.15) is 35.7 Å². The van der Waals surface area contributed by atoms with Gasteiger partial charge in [-0.2, -0.15) is 5.26 Å². The second kappa shape index (κ2) is 7.96. The van der Waals surface area contributed by atoms with Gasteiger partial charge in [-0.1, -0.05) is 0 Å². The van der Waals surface area contributed by atoms with Gasteiger partial charge in [0, 0.05) is 55.2 Å². The first-order valence-electron chi connectivity index (χ1n) is 11.3. The molecule has 0 atom stereocenters. The van der Waals surface area contributed by atoms with Crippen molar-refractivity contribution in [3.05, 3.63) is 52.7 Å². The topological polar surface area (TPSA) is 55.8 Å². The van der Waals surface area contributed by atoms with Crippen LogP contribution in [0.15, 0.2) is 30.3 Å². The minimum absolute atomic E-state index is 0.101. The molecule has 2 heterocycles. The molecule has 170 valence electrons. The average Bonchev–Trinajstić information content (AvgIpc) is 3.32. The van der Waals surface area contributed by atoms with Crippen LogP contribution in [0.4, 0.5) is 8.78 Å². The van der Waals surface area contributed by atoms with E-state index in [9.17, 15) is 14.0 Å². The summed E-state index contributed by atoms with van der Waals surface area (Å²) in [5, 5.41) is 10.3. The SMILES string of the molecule is CCn1c2c(c3cc(-c4nc5c(C)c(C#N)ccc5n4CCOC)ccc31)CC(F)(F)CC2. The molecule has 0 bridgehead atoms. The van der Waals surface area contributed by atoms with Crippen LogP contribution in [0.2, 0.25) is 0 Å². The number of hydrogen-bond acceptors (Lipinski definition) is 3. The lowest BCUT2D eigenvalue weighted by Crippen LogP contribution is -2.26. The van der Waals surface area contributed by atoms with Crippen LogP contribution >= 0.6 is 0 Å². The number of aromatic nitrogens is 3. The predicted octanol–water partition coefficient (Wildman–Crippen LogP) is 5.63. The molecule has 5 rings (SSSR count). The monoisotopic (exact) mass is 448 g/mol. The van der Waals surface area contributed by atoms with Crippen molar-refractivity contribution >= 4 is 21.9 Å². The number of alkyl halides is 2. The molecule has 33 heavy (non-hydrogen) atoms. The molecule has 1 aliphatic carbocycles. The molecule has 2 aromatic heterocycles. The van der Waals surface area contributed by atoms with E-state index in [0.717, 1.165) is 56.7 Å². The van der Waals surface area contributed by atoms with Crippen molar-refractivity contribution in [1.82, 2.24) is 14.1 Å². The fourth-order valence-corrected chi connectivity index (χ4v) is 5.18. The van der Waals surface area contributed by atoms with Crippen LogP contribution in [0.3, 0.4) is 0 Å². The Morgan fingerprint density at radius 2 is 1.97 bits per heavy atom. The molecule has 5 nitrogen and oxygen atoms in total.